The average molecular weight is 648 g/mol. The summed E-state index contributed by atoms with van der Waals surface area (Å²) in [6.07, 6.45) is -11.1. The molecule has 0 saturated carbocycles. The molecule has 0 rings (SSSR count). The third-order valence-corrected chi connectivity index (χ3v) is 6.07. The maximum atomic E-state index is 13.9. The molecule has 0 heterocycles. The van der Waals surface area contributed by atoms with Crippen LogP contribution in [0.5, 0.6) is 0 Å². The summed E-state index contributed by atoms with van der Waals surface area (Å²) in [5, 5.41) is 0. The quantitative estimate of drug-likeness (QED) is 0.144. The van der Waals surface area contributed by atoms with Gasteiger partial charge in [-0.15, -0.1) is 0 Å². The van der Waals surface area contributed by atoms with Crippen LogP contribution in [0, 0.1) is 11.3 Å². The van der Waals surface area contributed by atoms with E-state index in [4.69, 9.17) is 0 Å². The van der Waals surface area contributed by atoms with Crippen LogP contribution in [0.15, 0.2) is 0 Å². The highest BCUT2D eigenvalue weighted by atomic mass is 19.4. The topological polar surface area (TPSA) is 52.6 Å². The van der Waals surface area contributed by atoms with Crippen LogP contribution in [0.1, 0.15) is 40.0 Å². The highest BCUT2D eigenvalue weighted by Crippen LogP contribution is 2.64. The van der Waals surface area contributed by atoms with Crippen molar-refractivity contribution in [2.24, 2.45) is 11.3 Å². The van der Waals surface area contributed by atoms with E-state index in [2.05, 4.69) is 9.47 Å². The van der Waals surface area contributed by atoms with Crippen LogP contribution in [0.3, 0.4) is 0 Å². The van der Waals surface area contributed by atoms with Gasteiger partial charge in [0, 0.05) is 0 Å². The molecule has 0 aromatic rings. The Morgan fingerprint density at radius 3 is 1.37 bits per heavy atom. The summed E-state index contributed by atoms with van der Waals surface area (Å²) >= 11 is 0. The fourth-order valence-corrected chi connectivity index (χ4v) is 3.15. The first kappa shape index (κ1) is 38.8. The van der Waals surface area contributed by atoms with Crippen molar-refractivity contribution in [3.8, 4) is 0 Å². The Hall–Kier alpha value is -2.25. The Kier molecular flexibility index (Phi) is 10.8. The first-order chi connectivity index (χ1) is 17.8. The Bertz CT molecular complexity index is 945. The third kappa shape index (κ3) is 6.27. The lowest BCUT2D eigenvalue weighted by molar-refractivity contribution is -0.461. The van der Waals surface area contributed by atoms with Gasteiger partial charge in [0.25, 0.3) is 0 Å². The molecular formula is C20H21F17O4. The molecule has 0 amide bonds. The van der Waals surface area contributed by atoms with Gasteiger partial charge in [0.2, 0.25) is 0 Å². The van der Waals surface area contributed by atoms with Crippen LogP contribution in [0.4, 0.5) is 74.6 Å². The Morgan fingerprint density at radius 2 is 1.02 bits per heavy atom. The number of hydrogen-bond donors (Lipinski definition) is 0. The second-order valence-electron chi connectivity index (χ2n) is 9.08. The zero-order valence-electron chi connectivity index (χ0n) is 21.0. The van der Waals surface area contributed by atoms with Crippen LogP contribution in [0.2, 0.25) is 0 Å². The molecule has 0 aliphatic rings. The molecule has 0 fully saturated rings. The molecule has 0 spiro atoms. The fourth-order valence-electron chi connectivity index (χ4n) is 3.15. The zero-order valence-corrected chi connectivity index (χ0v) is 21.0. The Balaban J connectivity index is 6.05. The molecule has 0 saturated heterocycles. The smallest absolute Gasteiger partial charge is 0.460 e. The van der Waals surface area contributed by atoms with E-state index >= 15 is 0 Å². The van der Waals surface area contributed by atoms with E-state index in [1.807, 2.05) is 0 Å². The molecule has 41 heavy (non-hydrogen) atoms. The van der Waals surface area contributed by atoms with Gasteiger partial charge >= 0.3 is 59.6 Å². The lowest BCUT2D eigenvalue weighted by Crippen LogP contribution is -2.74. The van der Waals surface area contributed by atoms with Gasteiger partial charge in [0.05, 0.1) is 31.5 Å². The fraction of sp³-hybridized carbons (Fsp3) is 0.900. The van der Waals surface area contributed by atoms with Crippen molar-refractivity contribution in [3.63, 3.8) is 0 Å². The number of ether oxygens (including phenoxy) is 2. The van der Waals surface area contributed by atoms with Gasteiger partial charge in [-0.3, -0.25) is 9.59 Å². The summed E-state index contributed by atoms with van der Waals surface area (Å²) in [5.41, 5.74) is -1.39. The van der Waals surface area contributed by atoms with Crippen molar-refractivity contribution < 1.29 is 93.7 Å². The van der Waals surface area contributed by atoms with Gasteiger partial charge in [-0.1, -0.05) is 13.8 Å². The van der Waals surface area contributed by atoms with Gasteiger partial charge in [0.15, 0.2) is 0 Å². The van der Waals surface area contributed by atoms with Crippen LogP contribution >= 0.6 is 0 Å². The highest BCUT2D eigenvalue weighted by molar-refractivity contribution is 5.78. The summed E-state index contributed by atoms with van der Waals surface area (Å²) in [7, 11) is 0.958. The maximum absolute atomic E-state index is 13.9. The van der Waals surface area contributed by atoms with Crippen molar-refractivity contribution in [2.45, 2.75) is 87.7 Å². The monoisotopic (exact) mass is 648 g/mol. The minimum atomic E-state index is -8.71. The summed E-state index contributed by atoms with van der Waals surface area (Å²) in [5.74, 6) is -61.0. The molecule has 0 radical (unpaired) electrons. The summed E-state index contributed by atoms with van der Waals surface area (Å²) in [4.78, 5) is 23.7. The molecule has 0 aromatic heterocycles. The minimum Gasteiger partial charge on any atom is -0.469 e. The lowest BCUT2D eigenvalue weighted by Gasteiger charge is -2.42. The van der Waals surface area contributed by atoms with E-state index in [0.717, 1.165) is 14.0 Å². The molecule has 0 N–H and O–H groups in total. The van der Waals surface area contributed by atoms with Gasteiger partial charge < -0.3 is 9.47 Å². The van der Waals surface area contributed by atoms with Crippen molar-refractivity contribution in [1.82, 2.24) is 0 Å². The van der Waals surface area contributed by atoms with Crippen molar-refractivity contribution in [3.05, 3.63) is 0 Å². The first-order valence-corrected chi connectivity index (χ1v) is 10.8. The molecule has 244 valence electrons. The lowest BCUT2D eigenvalue weighted by atomic mass is 9.79. The number of carbonyl (C=O) groups excluding carboxylic acids is 2. The largest absolute Gasteiger partial charge is 0.469 e. The SMILES string of the molecule is CCC(C)(CC(C)C(=O)OCCC(F)(F)C(F)(F)C(F)(F)C(F)(F)C(F)(F)C(F)(F)C(F)(F)C(F)(F)F)C(=O)OC. The van der Waals surface area contributed by atoms with Crippen LogP contribution in [-0.2, 0) is 19.1 Å². The van der Waals surface area contributed by atoms with Crippen molar-refractivity contribution >= 4 is 11.9 Å². The van der Waals surface area contributed by atoms with Gasteiger partial charge in [-0.2, -0.15) is 74.6 Å². The van der Waals surface area contributed by atoms with E-state index < -0.39 is 90.4 Å². The molecular weight excluding hydrogens is 627 g/mol. The number of rotatable bonds is 14. The van der Waals surface area contributed by atoms with E-state index in [-0.39, 0.29) is 6.42 Å². The molecule has 0 bridgehead atoms. The number of halogens is 17. The van der Waals surface area contributed by atoms with E-state index in [1.54, 1.807) is 0 Å². The van der Waals surface area contributed by atoms with E-state index in [0.29, 0.717) is 0 Å². The minimum absolute atomic E-state index is 0.0173. The third-order valence-electron chi connectivity index (χ3n) is 6.07. The normalized spacial score (nSPS) is 17.1. The second-order valence-corrected chi connectivity index (χ2v) is 9.08. The highest BCUT2D eigenvalue weighted by Gasteiger charge is 2.95. The summed E-state index contributed by atoms with van der Waals surface area (Å²) in [6, 6.07) is 0. The summed E-state index contributed by atoms with van der Waals surface area (Å²) in [6.45, 7) is 1.66. The van der Waals surface area contributed by atoms with Crippen molar-refractivity contribution in [1.29, 1.82) is 0 Å². The maximum Gasteiger partial charge on any atom is 0.460 e. The summed E-state index contributed by atoms with van der Waals surface area (Å²) < 4.78 is 234. The van der Waals surface area contributed by atoms with E-state index in [9.17, 15) is 84.2 Å². The zero-order chi connectivity index (χ0) is 33.5. The van der Waals surface area contributed by atoms with Gasteiger partial charge in [-0.05, 0) is 19.8 Å². The van der Waals surface area contributed by atoms with Crippen LogP contribution in [0.25, 0.3) is 0 Å². The van der Waals surface area contributed by atoms with E-state index in [1.165, 1.54) is 13.8 Å². The molecule has 4 nitrogen and oxygen atoms in total. The van der Waals surface area contributed by atoms with Crippen LogP contribution < -0.4 is 0 Å². The number of esters is 2. The van der Waals surface area contributed by atoms with Crippen LogP contribution in [-0.4, -0.2) is 73.3 Å². The van der Waals surface area contributed by atoms with Gasteiger partial charge in [-0.25, -0.2) is 0 Å². The molecule has 2 atom stereocenters. The molecule has 21 heteroatoms. The van der Waals surface area contributed by atoms with Crippen molar-refractivity contribution in [2.75, 3.05) is 13.7 Å². The number of alkyl halides is 17. The molecule has 0 aromatic carbocycles. The Labute approximate surface area is 219 Å². The predicted octanol–water partition coefficient (Wildman–Crippen LogP) is 7.54. The first-order valence-electron chi connectivity index (χ1n) is 10.8. The Morgan fingerprint density at radius 1 is 0.659 bits per heavy atom. The number of carbonyl (C=O) groups is 2. The molecule has 2 unspecified atom stereocenters. The molecule has 0 aliphatic heterocycles. The van der Waals surface area contributed by atoms with Gasteiger partial charge in [0.1, 0.15) is 0 Å². The standard InChI is InChI=1S/C20H21F17O4/c1-5-12(3,11(39)40-4)8-9(2)10(38)41-7-6-13(21,22)14(23,24)15(25,26)16(27,28)17(29,30)18(31,32)19(33,34)20(35,36)37/h9H,5-8H2,1-4H3. The second kappa shape index (κ2) is 11.4. The number of hydrogen-bond acceptors (Lipinski definition) is 4. The average Bonchev–Trinajstić information content (AvgIpc) is 2.81. The predicted molar refractivity (Wildman–Crippen MR) is 100 cm³/mol. The molecule has 0 aliphatic carbocycles. The number of methoxy groups -OCH3 is 1.